The fourth-order valence-electron chi connectivity index (χ4n) is 2.17. The van der Waals surface area contributed by atoms with Crippen molar-refractivity contribution >= 4 is 17.7 Å². The molecule has 1 aliphatic carbocycles. The Bertz CT molecular complexity index is 608. The highest BCUT2D eigenvalue weighted by Crippen LogP contribution is 2.40. The summed E-state index contributed by atoms with van der Waals surface area (Å²) in [6.07, 6.45) is 4.45. The second kappa shape index (κ2) is 3.99. The Morgan fingerprint density at radius 3 is 3.00 bits per heavy atom. The van der Waals surface area contributed by atoms with E-state index in [0.29, 0.717) is 6.04 Å². The lowest BCUT2D eigenvalue weighted by atomic mass is 10.1. The molecule has 3 nitrogen and oxygen atoms in total. The van der Waals surface area contributed by atoms with Gasteiger partial charge in [-0.15, -0.1) is 11.8 Å². The molecule has 2 heterocycles. The third-order valence-electron chi connectivity index (χ3n) is 3.30. The molecule has 0 radical (unpaired) electrons. The minimum Gasteiger partial charge on any atom is -0.351 e. The van der Waals surface area contributed by atoms with Crippen LogP contribution in [0, 0.1) is 0 Å². The summed E-state index contributed by atoms with van der Waals surface area (Å²) < 4.78 is 0. The van der Waals surface area contributed by atoms with Crippen molar-refractivity contribution in [1.82, 2.24) is 9.97 Å². The number of rotatable bonds is 2. The van der Waals surface area contributed by atoms with Gasteiger partial charge in [-0.05, 0) is 18.9 Å². The van der Waals surface area contributed by atoms with Gasteiger partial charge in [0.05, 0.1) is 5.69 Å². The van der Waals surface area contributed by atoms with E-state index in [1.54, 1.807) is 0 Å². The van der Waals surface area contributed by atoms with Gasteiger partial charge >= 0.3 is 0 Å². The van der Waals surface area contributed by atoms with Crippen LogP contribution in [0.3, 0.4) is 0 Å². The molecule has 4 heteroatoms. The highest BCUT2D eigenvalue weighted by molar-refractivity contribution is 7.98. The number of nitrogens with zero attached hydrogens (tertiary/aromatic N) is 2. The van der Waals surface area contributed by atoms with E-state index < -0.39 is 0 Å². The number of aromatic nitrogens is 2. The highest BCUT2D eigenvalue weighted by Gasteiger charge is 2.23. The molecule has 0 spiro atoms. The zero-order chi connectivity index (χ0) is 11.9. The first-order valence-electron chi connectivity index (χ1n) is 6.25. The molecule has 1 aliphatic heterocycles. The quantitative estimate of drug-likeness (QED) is 0.893. The summed E-state index contributed by atoms with van der Waals surface area (Å²) in [5.41, 5.74) is 3.58. The first-order chi connectivity index (χ1) is 8.90. The standard InChI is InChI=1S/C14H13N3S/c1-2-4-12-11(3-1)13-9(8-18-12)7-15-14(17-13)16-10-5-6-10/h1-4,7,10H,5-6,8H2,(H,15,16,17). The smallest absolute Gasteiger partial charge is 0.223 e. The van der Waals surface area contributed by atoms with Gasteiger partial charge in [0.25, 0.3) is 0 Å². The van der Waals surface area contributed by atoms with Crippen LogP contribution in [0.4, 0.5) is 5.95 Å². The van der Waals surface area contributed by atoms with Gasteiger partial charge in [-0.2, -0.15) is 0 Å². The van der Waals surface area contributed by atoms with Crippen LogP contribution in [-0.2, 0) is 5.75 Å². The van der Waals surface area contributed by atoms with E-state index in [0.717, 1.165) is 17.4 Å². The summed E-state index contributed by atoms with van der Waals surface area (Å²) >= 11 is 1.86. The topological polar surface area (TPSA) is 37.8 Å². The summed E-state index contributed by atoms with van der Waals surface area (Å²) in [4.78, 5) is 10.4. The van der Waals surface area contributed by atoms with Crippen LogP contribution in [0.2, 0.25) is 0 Å². The first kappa shape index (κ1) is 10.4. The largest absolute Gasteiger partial charge is 0.351 e. The summed E-state index contributed by atoms with van der Waals surface area (Å²) in [7, 11) is 0. The van der Waals surface area contributed by atoms with Crippen LogP contribution in [0.25, 0.3) is 11.3 Å². The Kier molecular flexibility index (Phi) is 2.30. The van der Waals surface area contributed by atoms with E-state index in [2.05, 4.69) is 34.6 Å². The Balaban J connectivity index is 1.80. The lowest BCUT2D eigenvalue weighted by Gasteiger charge is -2.18. The van der Waals surface area contributed by atoms with Gasteiger partial charge < -0.3 is 5.32 Å². The monoisotopic (exact) mass is 255 g/mol. The molecule has 2 aromatic rings. The average Bonchev–Trinajstić information content (AvgIpc) is 3.22. The minimum atomic E-state index is 0.594. The van der Waals surface area contributed by atoms with Gasteiger partial charge in [0.2, 0.25) is 5.95 Å². The normalized spacial score (nSPS) is 16.9. The Labute approximate surface area is 110 Å². The number of anilines is 1. The minimum absolute atomic E-state index is 0.594. The van der Waals surface area contributed by atoms with Crippen molar-refractivity contribution in [2.45, 2.75) is 29.5 Å². The summed E-state index contributed by atoms with van der Waals surface area (Å²) in [5.74, 6) is 1.74. The maximum atomic E-state index is 4.70. The van der Waals surface area contributed by atoms with E-state index in [9.17, 15) is 0 Å². The van der Waals surface area contributed by atoms with E-state index in [-0.39, 0.29) is 0 Å². The summed E-state index contributed by atoms with van der Waals surface area (Å²) in [6.45, 7) is 0. The van der Waals surface area contributed by atoms with Crippen LogP contribution < -0.4 is 5.32 Å². The molecular formula is C14H13N3S. The number of hydrogen-bond donors (Lipinski definition) is 1. The number of thioether (sulfide) groups is 1. The maximum Gasteiger partial charge on any atom is 0.223 e. The molecule has 1 N–H and O–H groups in total. The van der Waals surface area contributed by atoms with Crippen LogP contribution in [0.1, 0.15) is 18.4 Å². The highest BCUT2D eigenvalue weighted by atomic mass is 32.2. The third-order valence-corrected chi connectivity index (χ3v) is 4.42. The molecule has 4 rings (SSSR count). The molecule has 1 aromatic carbocycles. The van der Waals surface area contributed by atoms with Gasteiger partial charge in [0, 0.05) is 34.0 Å². The van der Waals surface area contributed by atoms with Crippen molar-refractivity contribution < 1.29 is 0 Å². The summed E-state index contributed by atoms with van der Waals surface area (Å²) in [6, 6.07) is 9.07. The third kappa shape index (κ3) is 1.77. The Morgan fingerprint density at radius 2 is 2.11 bits per heavy atom. The maximum absolute atomic E-state index is 4.70. The van der Waals surface area contributed by atoms with Gasteiger partial charge in [0.1, 0.15) is 0 Å². The Hall–Kier alpha value is -1.55. The molecule has 0 bridgehead atoms. The molecule has 1 aromatic heterocycles. The van der Waals surface area contributed by atoms with Gasteiger partial charge in [-0.25, -0.2) is 9.97 Å². The lowest BCUT2D eigenvalue weighted by molar-refractivity contribution is 1.03. The molecular weight excluding hydrogens is 242 g/mol. The molecule has 0 unspecified atom stereocenters. The van der Waals surface area contributed by atoms with Crippen molar-refractivity contribution in [3.05, 3.63) is 36.0 Å². The van der Waals surface area contributed by atoms with E-state index in [4.69, 9.17) is 4.98 Å². The number of fused-ring (bicyclic) bond motifs is 3. The molecule has 90 valence electrons. The molecule has 18 heavy (non-hydrogen) atoms. The van der Waals surface area contributed by atoms with Crippen molar-refractivity contribution in [2.75, 3.05) is 5.32 Å². The second-order valence-corrected chi connectivity index (χ2v) is 5.79. The molecule has 0 amide bonds. The van der Waals surface area contributed by atoms with Crippen molar-refractivity contribution in [1.29, 1.82) is 0 Å². The fraction of sp³-hybridized carbons (Fsp3) is 0.286. The molecule has 0 saturated heterocycles. The number of nitrogens with one attached hydrogen (secondary N) is 1. The predicted octanol–water partition coefficient (Wildman–Crippen LogP) is 3.32. The Morgan fingerprint density at radius 1 is 1.22 bits per heavy atom. The van der Waals surface area contributed by atoms with Gasteiger partial charge in [0.15, 0.2) is 0 Å². The second-order valence-electron chi connectivity index (χ2n) is 4.77. The lowest BCUT2D eigenvalue weighted by Crippen LogP contribution is -2.08. The molecule has 1 fully saturated rings. The molecule has 0 atom stereocenters. The molecule has 1 saturated carbocycles. The molecule has 2 aliphatic rings. The average molecular weight is 255 g/mol. The predicted molar refractivity (Wildman–Crippen MR) is 73.7 cm³/mol. The van der Waals surface area contributed by atoms with Gasteiger partial charge in [-0.1, -0.05) is 18.2 Å². The van der Waals surface area contributed by atoms with E-state index in [1.165, 1.54) is 28.9 Å². The van der Waals surface area contributed by atoms with Crippen LogP contribution in [0.15, 0.2) is 35.4 Å². The SMILES string of the molecule is c1ccc2c(c1)SCc1cnc(NC3CC3)nc1-2. The zero-order valence-electron chi connectivity index (χ0n) is 9.89. The number of hydrogen-bond acceptors (Lipinski definition) is 4. The van der Waals surface area contributed by atoms with E-state index >= 15 is 0 Å². The van der Waals surface area contributed by atoms with Crippen LogP contribution in [0.5, 0.6) is 0 Å². The summed E-state index contributed by atoms with van der Waals surface area (Å²) in [5, 5.41) is 3.37. The van der Waals surface area contributed by atoms with Gasteiger partial charge in [-0.3, -0.25) is 0 Å². The van der Waals surface area contributed by atoms with Crippen molar-refractivity contribution in [3.63, 3.8) is 0 Å². The van der Waals surface area contributed by atoms with E-state index in [1.807, 2.05) is 18.0 Å². The first-order valence-corrected chi connectivity index (χ1v) is 7.23. The van der Waals surface area contributed by atoms with Crippen molar-refractivity contribution in [2.24, 2.45) is 0 Å². The fourth-order valence-corrected chi connectivity index (χ4v) is 3.19. The zero-order valence-corrected chi connectivity index (χ0v) is 10.7. The number of benzene rings is 1. The van der Waals surface area contributed by atoms with Crippen LogP contribution in [-0.4, -0.2) is 16.0 Å². The van der Waals surface area contributed by atoms with Crippen molar-refractivity contribution in [3.8, 4) is 11.3 Å². The van der Waals surface area contributed by atoms with Crippen LogP contribution >= 0.6 is 11.8 Å².